The summed E-state index contributed by atoms with van der Waals surface area (Å²) in [5.41, 5.74) is 0. The Hall–Kier alpha value is -1.41. The Morgan fingerprint density at radius 2 is 1.03 bits per heavy atom. The fraction of sp³-hybridized carbons (Fsp3) is 0.894. The largest absolute Gasteiger partial charge is 0.394 e. The summed E-state index contributed by atoms with van der Waals surface area (Å²) in [6.45, 7) is 3.40. The molecule has 0 saturated carbocycles. The normalized spacial score (nSPS) is 22.1. The van der Waals surface area contributed by atoms with Gasteiger partial charge in [-0.25, -0.2) is 0 Å². The molecule has 1 saturated heterocycles. The van der Waals surface area contributed by atoms with E-state index < -0.39 is 74.2 Å². The number of aliphatic hydroxyl groups excluding tert-OH is 7. The van der Waals surface area contributed by atoms with Gasteiger partial charge in [0.2, 0.25) is 5.91 Å². The van der Waals surface area contributed by atoms with Crippen molar-refractivity contribution in [2.45, 2.75) is 255 Å². The van der Waals surface area contributed by atoms with Gasteiger partial charge in [0.15, 0.2) is 6.29 Å². The van der Waals surface area contributed by atoms with E-state index in [1.54, 1.807) is 0 Å². The molecule has 1 aliphatic heterocycles. The number of aliphatic hydroxyl groups is 7. The van der Waals surface area contributed by atoms with Crippen LogP contribution in [0.4, 0.5) is 0 Å². The molecule has 0 aliphatic carbocycles. The van der Waals surface area contributed by atoms with Crippen molar-refractivity contribution < 1.29 is 50.0 Å². The van der Waals surface area contributed by atoms with Crippen molar-refractivity contribution in [1.29, 1.82) is 0 Å². The minimum atomic E-state index is -1.67. The van der Waals surface area contributed by atoms with Gasteiger partial charge in [0.1, 0.15) is 36.6 Å². The highest BCUT2D eigenvalue weighted by molar-refractivity contribution is 5.80. The van der Waals surface area contributed by atoms with Gasteiger partial charge >= 0.3 is 0 Å². The van der Waals surface area contributed by atoms with Crippen LogP contribution in [0.25, 0.3) is 0 Å². The monoisotopic (exact) mass is 828 g/mol. The van der Waals surface area contributed by atoms with E-state index in [1.807, 2.05) is 0 Å². The zero-order chi connectivity index (χ0) is 42.6. The summed E-state index contributed by atoms with van der Waals surface area (Å²) < 4.78 is 11.1. The fourth-order valence-electron chi connectivity index (χ4n) is 7.52. The Morgan fingerprint density at radius 3 is 1.53 bits per heavy atom. The van der Waals surface area contributed by atoms with Gasteiger partial charge in [-0.1, -0.05) is 173 Å². The first-order chi connectivity index (χ1) is 28.2. The number of hydrogen-bond acceptors (Lipinski definition) is 10. The highest BCUT2D eigenvalue weighted by Crippen LogP contribution is 2.23. The van der Waals surface area contributed by atoms with Crippen molar-refractivity contribution in [2.24, 2.45) is 0 Å². The third-order valence-electron chi connectivity index (χ3n) is 11.5. The Kier molecular flexibility index (Phi) is 35.2. The number of ether oxygens (including phenoxy) is 2. The predicted octanol–water partition coefficient (Wildman–Crippen LogP) is 7.84. The average molecular weight is 828 g/mol. The zero-order valence-electron chi connectivity index (χ0n) is 36.8. The number of allylic oxidation sites excluding steroid dienone is 4. The van der Waals surface area contributed by atoms with Crippen LogP contribution in [0.2, 0.25) is 0 Å². The smallest absolute Gasteiger partial charge is 0.249 e. The summed E-state index contributed by atoms with van der Waals surface area (Å²) in [6, 6.07) is -1.19. The van der Waals surface area contributed by atoms with E-state index in [0.717, 1.165) is 38.5 Å². The van der Waals surface area contributed by atoms with Crippen molar-refractivity contribution in [3.8, 4) is 0 Å². The van der Waals surface area contributed by atoms with Crippen LogP contribution in [-0.4, -0.2) is 110 Å². The van der Waals surface area contributed by atoms with E-state index in [2.05, 4.69) is 43.5 Å². The van der Waals surface area contributed by atoms with Gasteiger partial charge < -0.3 is 50.5 Å². The molecule has 1 rings (SSSR count). The lowest BCUT2D eigenvalue weighted by atomic mass is 9.98. The van der Waals surface area contributed by atoms with Crippen molar-refractivity contribution in [3.63, 3.8) is 0 Å². The van der Waals surface area contributed by atoms with Crippen molar-refractivity contribution in [2.75, 3.05) is 13.2 Å². The SMILES string of the molecule is CCCCCCCCCCCCC/C=C/CC/C=C/CCCC(O)C(O)C(COC1OC(CO)C(O)C(O)C1O)NC(=O)C(O)CCCCCCCCCCCCC. The topological polar surface area (TPSA) is 189 Å². The molecular weight excluding hydrogens is 739 g/mol. The first-order valence-corrected chi connectivity index (χ1v) is 23.7. The van der Waals surface area contributed by atoms with Crippen molar-refractivity contribution >= 4 is 5.91 Å². The molecule has 1 aliphatic rings. The molecule has 1 amide bonds. The van der Waals surface area contributed by atoms with E-state index in [4.69, 9.17) is 9.47 Å². The lowest BCUT2D eigenvalue weighted by Crippen LogP contribution is -2.60. The molecule has 342 valence electrons. The van der Waals surface area contributed by atoms with E-state index in [-0.39, 0.29) is 12.8 Å². The van der Waals surface area contributed by atoms with E-state index in [1.165, 1.54) is 116 Å². The zero-order valence-corrected chi connectivity index (χ0v) is 36.8. The second kappa shape index (κ2) is 37.4. The van der Waals surface area contributed by atoms with Gasteiger partial charge in [0.05, 0.1) is 25.4 Å². The minimum absolute atomic E-state index is 0.248. The van der Waals surface area contributed by atoms with E-state index >= 15 is 0 Å². The molecule has 9 atom stereocenters. The summed E-state index contributed by atoms with van der Waals surface area (Å²) >= 11 is 0. The molecule has 11 heteroatoms. The van der Waals surface area contributed by atoms with Gasteiger partial charge in [-0.15, -0.1) is 0 Å². The number of amides is 1. The maximum atomic E-state index is 13.0. The number of rotatable bonds is 39. The molecule has 11 nitrogen and oxygen atoms in total. The molecule has 0 aromatic rings. The molecule has 0 radical (unpaired) electrons. The number of hydrogen-bond donors (Lipinski definition) is 8. The molecule has 0 aromatic carbocycles. The van der Waals surface area contributed by atoms with Gasteiger partial charge in [0.25, 0.3) is 0 Å². The first-order valence-electron chi connectivity index (χ1n) is 23.7. The Bertz CT molecular complexity index is 997. The maximum Gasteiger partial charge on any atom is 0.249 e. The van der Waals surface area contributed by atoms with Gasteiger partial charge in [-0.05, 0) is 51.4 Å². The summed E-state index contributed by atoms with van der Waals surface area (Å²) in [4.78, 5) is 13.0. The summed E-state index contributed by atoms with van der Waals surface area (Å²) in [5.74, 6) is -0.712. The third-order valence-corrected chi connectivity index (χ3v) is 11.5. The highest BCUT2D eigenvalue weighted by Gasteiger charge is 2.44. The van der Waals surface area contributed by atoms with Crippen molar-refractivity contribution in [1.82, 2.24) is 5.32 Å². The molecule has 8 N–H and O–H groups in total. The van der Waals surface area contributed by atoms with Crippen LogP contribution in [0.3, 0.4) is 0 Å². The number of carbonyl (C=O) groups is 1. The quantitative estimate of drug-likeness (QED) is 0.0224. The molecule has 1 fully saturated rings. The van der Waals surface area contributed by atoms with Crippen LogP contribution in [0.15, 0.2) is 24.3 Å². The highest BCUT2D eigenvalue weighted by atomic mass is 16.7. The first kappa shape index (κ1) is 54.6. The van der Waals surface area contributed by atoms with Gasteiger partial charge in [-0.2, -0.15) is 0 Å². The Labute approximate surface area is 353 Å². The number of nitrogens with one attached hydrogen (secondary N) is 1. The predicted molar refractivity (Wildman–Crippen MR) is 233 cm³/mol. The standard InChI is InChI=1S/C47H89NO10/c1-3-5-7-9-11-13-15-16-17-18-19-20-21-22-23-25-26-28-30-32-34-39(50)42(52)38(37-57-47-45(55)44(54)43(53)41(36-49)58-47)48-46(56)40(51)35-33-31-29-27-24-14-12-10-8-6-4-2/h21-22,26,28,38-45,47,49-55H,3-20,23-25,27,29-37H2,1-2H3,(H,48,56)/b22-21+,28-26+. The summed E-state index contributed by atoms with van der Waals surface area (Å²) in [7, 11) is 0. The number of carbonyl (C=O) groups excluding carboxylic acids is 1. The van der Waals surface area contributed by atoms with Crippen LogP contribution < -0.4 is 5.32 Å². The van der Waals surface area contributed by atoms with Crippen molar-refractivity contribution in [3.05, 3.63) is 24.3 Å². The van der Waals surface area contributed by atoms with Crippen LogP contribution in [-0.2, 0) is 14.3 Å². The van der Waals surface area contributed by atoms with Crippen LogP contribution in [0.1, 0.15) is 200 Å². The summed E-state index contributed by atoms with van der Waals surface area (Å²) in [6.07, 6.45) is 29.5. The molecule has 0 bridgehead atoms. The van der Waals surface area contributed by atoms with Crippen LogP contribution in [0.5, 0.6) is 0 Å². The molecule has 1 heterocycles. The molecule has 0 spiro atoms. The van der Waals surface area contributed by atoms with E-state index in [9.17, 15) is 40.5 Å². The van der Waals surface area contributed by atoms with Crippen LogP contribution >= 0.6 is 0 Å². The average Bonchev–Trinajstić information content (AvgIpc) is 3.22. The lowest BCUT2D eigenvalue weighted by Gasteiger charge is -2.40. The second-order valence-corrected chi connectivity index (χ2v) is 16.8. The maximum absolute atomic E-state index is 13.0. The van der Waals surface area contributed by atoms with Crippen LogP contribution in [0, 0.1) is 0 Å². The fourth-order valence-corrected chi connectivity index (χ4v) is 7.52. The third kappa shape index (κ3) is 26.7. The van der Waals surface area contributed by atoms with Gasteiger partial charge in [-0.3, -0.25) is 4.79 Å². The van der Waals surface area contributed by atoms with Gasteiger partial charge in [0, 0.05) is 0 Å². The van der Waals surface area contributed by atoms with E-state index in [0.29, 0.717) is 19.3 Å². The molecule has 9 unspecified atom stereocenters. The minimum Gasteiger partial charge on any atom is -0.394 e. The second-order valence-electron chi connectivity index (χ2n) is 16.8. The summed E-state index contributed by atoms with van der Waals surface area (Å²) in [5, 5.41) is 75.6. The Morgan fingerprint density at radius 1 is 0.586 bits per heavy atom. The molecule has 0 aromatic heterocycles. The Balaban J connectivity index is 2.46. The number of unbranched alkanes of at least 4 members (excludes halogenated alkanes) is 23. The molecular formula is C47H89NO10. The molecule has 58 heavy (non-hydrogen) atoms. The lowest BCUT2D eigenvalue weighted by molar-refractivity contribution is -0.303.